The molecule has 1 unspecified atom stereocenters. The van der Waals surface area contributed by atoms with E-state index in [0.29, 0.717) is 11.3 Å². The standard InChI is InChI=1S/C23H31NO2/c1-22(2,3)20(24(7)23(4,5)6)17-13-15-18(16-14-17)21(25)26-19-11-9-8-10-12-19/h8-16,20H,1-7H3. The van der Waals surface area contributed by atoms with E-state index in [9.17, 15) is 4.79 Å². The van der Waals surface area contributed by atoms with E-state index in [1.807, 2.05) is 42.5 Å². The quantitative estimate of drug-likeness (QED) is 0.520. The molecule has 140 valence electrons. The van der Waals surface area contributed by atoms with Crippen LogP contribution in [0.15, 0.2) is 54.6 Å². The van der Waals surface area contributed by atoms with Gasteiger partial charge in [0.1, 0.15) is 5.75 Å². The summed E-state index contributed by atoms with van der Waals surface area (Å²) in [6, 6.07) is 17.2. The summed E-state index contributed by atoms with van der Waals surface area (Å²) < 4.78 is 5.42. The van der Waals surface area contributed by atoms with Crippen LogP contribution in [-0.4, -0.2) is 23.5 Å². The summed E-state index contributed by atoms with van der Waals surface area (Å²) >= 11 is 0. The molecule has 0 aliphatic carbocycles. The van der Waals surface area contributed by atoms with Crippen molar-refractivity contribution in [2.75, 3.05) is 7.05 Å². The van der Waals surface area contributed by atoms with E-state index in [1.165, 1.54) is 5.56 Å². The highest BCUT2D eigenvalue weighted by atomic mass is 16.5. The van der Waals surface area contributed by atoms with Crippen molar-refractivity contribution in [3.63, 3.8) is 0 Å². The summed E-state index contributed by atoms with van der Waals surface area (Å²) in [4.78, 5) is 14.7. The highest BCUT2D eigenvalue weighted by Gasteiger charge is 2.35. The summed E-state index contributed by atoms with van der Waals surface area (Å²) in [6.07, 6.45) is 0. The monoisotopic (exact) mass is 353 g/mol. The molecule has 0 aromatic heterocycles. The van der Waals surface area contributed by atoms with Crippen molar-refractivity contribution in [1.82, 2.24) is 4.90 Å². The molecule has 2 rings (SSSR count). The van der Waals surface area contributed by atoms with Gasteiger partial charge in [0.15, 0.2) is 0 Å². The topological polar surface area (TPSA) is 29.5 Å². The van der Waals surface area contributed by atoms with Gasteiger partial charge in [0, 0.05) is 11.6 Å². The molecule has 0 aliphatic rings. The Morgan fingerprint density at radius 3 is 1.88 bits per heavy atom. The largest absolute Gasteiger partial charge is 0.423 e. The number of rotatable bonds is 4. The molecule has 1 atom stereocenters. The van der Waals surface area contributed by atoms with Crippen LogP contribution < -0.4 is 4.74 Å². The van der Waals surface area contributed by atoms with E-state index in [-0.39, 0.29) is 23.0 Å². The van der Waals surface area contributed by atoms with Crippen LogP contribution in [0.1, 0.15) is 63.5 Å². The van der Waals surface area contributed by atoms with Crippen molar-refractivity contribution in [1.29, 1.82) is 0 Å². The maximum atomic E-state index is 12.4. The summed E-state index contributed by atoms with van der Waals surface area (Å²) in [5.41, 5.74) is 1.87. The Morgan fingerprint density at radius 2 is 1.42 bits per heavy atom. The first kappa shape index (κ1) is 20.2. The first-order chi connectivity index (χ1) is 12.0. The number of hydrogen-bond donors (Lipinski definition) is 0. The van der Waals surface area contributed by atoms with Crippen molar-refractivity contribution in [3.8, 4) is 5.75 Å². The molecule has 0 bridgehead atoms. The van der Waals surface area contributed by atoms with Gasteiger partial charge >= 0.3 is 5.97 Å². The van der Waals surface area contributed by atoms with Crippen LogP contribution in [0.25, 0.3) is 0 Å². The lowest BCUT2D eigenvalue weighted by Gasteiger charge is -2.45. The predicted molar refractivity (Wildman–Crippen MR) is 108 cm³/mol. The van der Waals surface area contributed by atoms with E-state index in [4.69, 9.17) is 4.74 Å². The Hall–Kier alpha value is -2.13. The predicted octanol–water partition coefficient (Wildman–Crippen LogP) is 5.72. The minimum atomic E-state index is -0.334. The van der Waals surface area contributed by atoms with Crippen LogP contribution in [0.3, 0.4) is 0 Å². The lowest BCUT2D eigenvalue weighted by atomic mass is 9.79. The number of hydrogen-bond acceptors (Lipinski definition) is 3. The average Bonchev–Trinajstić information content (AvgIpc) is 2.54. The molecular weight excluding hydrogens is 322 g/mol. The second kappa shape index (κ2) is 7.63. The molecule has 0 heterocycles. The highest BCUT2D eigenvalue weighted by molar-refractivity contribution is 5.91. The van der Waals surface area contributed by atoms with Gasteiger partial charge in [0.05, 0.1) is 5.56 Å². The van der Waals surface area contributed by atoms with Gasteiger partial charge in [0.25, 0.3) is 0 Å². The first-order valence-corrected chi connectivity index (χ1v) is 9.10. The maximum Gasteiger partial charge on any atom is 0.343 e. The molecule has 0 aliphatic heterocycles. The van der Waals surface area contributed by atoms with Gasteiger partial charge in [-0.2, -0.15) is 0 Å². The third-order valence-electron chi connectivity index (χ3n) is 4.68. The van der Waals surface area contributed by atoms with Gasteiger partial charge in [-0.15, -0.1) is 0 Å². The molecular formula is C23H31NO2. The van der Waals surface area contributed by atoms with Gasteiger partial charge in [-0.1, -0.05) is 51.1 Å². The van der Waals surface area contributed by atoms with E-state index < -0.39 is 0 Å². The van der Waals surface area contributed by atoms with Crippen LogP contribution in [0.4, 0.5) is 0 Å². The lowest BCUT2D eigenvalue weighted by molar-refractivity contribution is 0.0469. The van der Waals surface area contributed by atoms with Gasteiger partial charge < -0.3 is 4.74 Å². The van der Waals surface area contributed by atoms with Crippen molar-refractivity contribution in [2.45, 2.75) is 53.1 Å². The summed E-state index contributed by atoms with van der Waals surface area (Å²) in [5, 5.41) is 0. The molecule has 2 aromatic carbocycles. The summed E-state index contributed by atoms with van der Waals surface area (Å²) in [7, 11) is 2.16. The number of carbonyl (C=O) groups excluding carboxylic acids is 1. The third-order valence-corrected chi connectivity index (χ3v) is 4.68. The Kier molecular flexibility index (Phi) is 5.92. The smallest absolute Gasteiger partial charge is 0.343 e. The van der Waals surface area contributed by atoms with Crippen LogP contribution in [-0.2, 0) is 0 Å². The summed E-state index contributed by atoms with van der Waals surface area (Å²) in [5.74, 6) is 0.223. The second-order valence-electron chi connectivity index (χ2n) is 8.87. The highest BCUT2D eigenvalue weighted by Crippen LogP contribution is 2.40. The second-order valence-corrected chi connectivity index (χ2v) is 8.87. The van der Waals surface area contributed by atoms with Crippen molar-refractivity contribution in [2.24, 2.45) is 5.41 Å². The summed E-state index contributed by atoms with van der Waals surface area (Å²) in [6.45, 7) is 13.4. The molecule has 0 spiro atoms. The minimum absolute atomic E-state index is 0.0445. The Bertz CT molecular complexity index is 722. The zero-order chi connectivity index (χ0) is 19.5. The van der Waals surface area contributed by atoms with Gasteiger partial charge in [-0.3, -0.25) is 4.90 Å². The van der Waals surface area contributed by atoms with E-state index in [1.54, 1.807) is 12.1 Å². The fraction of sp³-hybridized carbons (Fsp3) is 0.435. The Morgan fingerprint density at radius 1 is 0.885 bits per heavy atom. The molecule has 3 heteroatoms. The van der Waals surface area contributed by atoms with Crippen LogP contribution >= 0.6 is 0 Å². The maximum absolute atomic E-state index is 12.4. The molecule has 0 N–H and O–H groups in total. The van der Waals surface area contributed by atoms with E-state index in [2.05, 4.69) is 53.5 Å². The molecule has 0 saturated carbocycles. The number of carbonyl (C=O) groups is 1. The minimum Gasteiger partial charge on any atom is -0.423 e. The van der Waals surface area contributed by atoms with Crippen LogP contribution in [0.5, 0.6) is 5.75 Å². The number of nitrogens with zero attached hydrogens (tertiary/aromatic N) is 1. The molecule has 26 heavy (non-hydrogen) atoms. The fourth-order valence-corrected chi connectivity index (χ4v) is 3.15. The first-order valence-electron chi connectivity index (χ1n) is 9.10. The molecule has 0 radical (unpaired) electrons. The zero-order valence-corrected chi connectivity index (χ0v) is 17.0. The SMILES string of the molecule is CN(C(c1ccc(C(=O)Oc2ccccc2)cc1)C(C)(C)C)C(C)(C)C. The van der Waals surface area contributed by atoms with Crippen molar-refractivity contribution in [3.05, 3.63) is 65.7 Å². The Balaban J connectivity index is 2.24. The van der Waals surface area contributed by atoms with Crippen LogP contribution in [0.2, 0.25) is 0 Å². The lowest BCUT2D eigenvalue weighted by Crippen LogP contribution is -2.45. The van der Waals surface area contributed by atoms with Gasteiger partial charge in [0.2, 0.25) is 0 Å². The third kappa shape index (κ3) is 4.95. The number of benzene rings is 2. The van der Waals surface area contributed by atoms with E-state index >= 15 is 0 Å². The zero-order valence-electron chi connectivity index (χ0n) is 17.0. The molecule has 0 saturated heterocycles. The number of ether oxygens (including phenoxy) is 1. The molecule has 3 nitrogen and oxygen atoms in total. The van der Waals surface area contributed by atoms with Crippen molar-refractivity contribution < 1.29 is 9.53 Å². The number of esters is 1. The normalized spacial score (nSPS) is 13.5. The van der Waals surface area contributed by atoms with Crippen molar-refractivity contribution >= 4 is 5.97 Å². The van der Waals surface area contributed by atoms with Gasteiger partial charge in [-0.05, 0) is 63.1 Å². The fourth-order valence-electron chi connectivity index (χ4n) is 3.15. The van der Waals surface area contributed by atoms with E-state index in [0.717, 1.165) is 0 Å². The van der Waals surface area contributed by atoms with Crippen LogP contribution in [0, 0.1) is 5.41 Å². The molecule has 2 aromatic rings. The number of para-hydroxylation sites is 1. The average molecular weight is 354 g/mol. The molecule has 0 fully saturated rings. The Labute approximate surface area is 158 Å². The molecule has 0 amide bonds. The van der Waals surface area contributed by atoms with Gasteiger partial charge in [-0.25, -0.2) is 4.79 Å².